The monoisotopic (exact) mass is 600 g/mol. The largest absolute Gasteiger partial charge is 0.472 e. The van der Waals surface area contributed by atoms with Crippen molar-refractivity contribution in [2.75, 3.05) is 6.61 Å². The van der Waals surface area contributed by atoms with Crippen LogP contribution in [0.5, 0.6) is 0 Å². The number of hydrogen-bond acceptors (Lipinski definition) is 11. The summed E-state index contributed by atoms with van der Waals surface area (Å²) in [6, 6.07) is 1.70. The van der Waals surface area contributed by atoms with Crippen LogP contribution in [0.4, 0.5) is 0 Å². The number of ketones is 1. The van der Waals surface area contributed by atoms with Gasteiger partial charge in [0.05, 0.1) is 36.9 Å². The summed E-state index contributed by atoms with van der Waals surface area (Å²) < 4.78 is 29.4. The average Bonchev–Trinajstić information content (AvgIpc) is 3.63. The molecule has 234 valence electrons. The van der Waals surface area contributed by atoms with Crippen LogP contribution in [-0.4, -0.2) is 76.1 Å². The molecule has 0 radical (unpaired) electrons. The number of furan rings is 1. The van der Waals surface area contributed by atoms with Crippen LogP contribution in [-0.2, 0) is 38.1 Å². The summed E-state index contributed by atoms with van der Waals surface area (Å²) >= 11 is 0. The predicted octanol–water partition coefficient (Wildman–Crippen LogP) is 2.62. The third-order valence-electron chi connectivity index (χ3n) is 11.7. The Labute approximate surface area is 249 Å². The summed E-state index contributed by atoms with van der Waals surface area (Å²) in [7, 11) is 0. The van der Waals surface area contributed by atoms with Gasteiger partial charge in [0.2, 0.25) is 0 Å². The van der Waals surface area contributed by atoms with Crippen LogP contribution in [0.2, 0.25) is 0 Å². The molecule has 2 saturated carbocycles. The Balaban J connectivity index is 1.54. The molecule has 0 amide bonds. The van der Waals surface area contributed by atoms with Crippen LogP contribution in [0.3, 0.4) is 0 Å². The van der Waals surface area contributed by atoms with Crippen molar-refractivity contribution in [3.05, 3.63) is 36.3 Å². The lowest BCUT2D eigenvalue weighted by Crippen LogP contribution is -2.68. The Bertz CT molecular complexity index is 1370. The summed E-state index contributed by atoms with van der Waals surface area (Å²) in [5, 5.41) is 23.5. The fraction of sp³-hybridized carbons (Fsp3) is 0.688. The molecule has 0 aromatic carbocycles. The van der Waals surface area contributed by atoms with E-state index in [2.05, 4.69) is 6.58 Å². The molecule has 5 fully saturated rings. The van der Waals surface area contributed by atoms with Crippen molar-refractivity contribution in [3.63, 3.8) is 0 Å². The minimum atomic E-state index is -2.17. The number of aliphatic hydroxyl groups excluding tert-OH is 1. The molecule has 2 N–H and O–H groups in total. The lowest BCUT2D eigenvalue weighted by atomic mass is 9.48. The number of carbonyl (C=O) groups is 4. The van der Waals surface area contributed by atoms with Crippen molar-refractivity contribution in [2.45, 2.75) is 102 Å². The van der Waals surface area contributed by atoms with E-state index in [-0.39, 0.29) is 31.4 Å². The molecule has 43 heavy (non-hydrogen) atoms. The molecule has 12 atom stereocenters. The average molecular weight is 601 g/mol. The van der Waals surface area contributed by atoms with Gasteiger partial charge in [-0.3, -0.25) is 14.4 Å². The van der Waals surface area contributed by atoms with E-state index in [0.717, 1.165) is 0 Å². The lowest BCUT2D eigenvalue weighted by Gasteiger charge is -2.58. The van der Waals surface area contributed by atoms with Gasteiger partial charge in [0, 0.05) is 29.6 Å². The maximum Gasteiger partial charge on any atom is 0.335 e. The fourth-order valence-electron chi connectivity index (χ4n) is 9.07. The first kappa shape index (κ1) is 30.0. The van der Waals surface area contributed by atoms with E-state index < -0.39 is 93.8 Å². The van der Waals surface area contributed by atoms with Gasteiger partial charge in [-0.15, -0.1) is 0 Å². The van der Waals surface area contributed by atoms with Gasteiger partial charge in [-0.2, -0.15) is 0 Å². The smallest absolute Gasteiger partial charge is 0.335 e. The number of hydrogen-bond donors (Lipinski definition) is 2. The van der Waals surface area contributed by atoms with Crippen LogP contribution in [0, 0.1) is 28.6 Å². The van der Waals surface area contributed by atoms with Gasteiger partial charge in [0.15, 0.2) is 17.5 Å². The number of carbonyl (C=O) groups excluding carboxylic acids is 4. The Morgan fingerprint density at radius 1 is 1.16 bits per heavy atom. The topological polar surface area (TPSA) is 159 Å². The molecule has 0 bridgehead atoms. The Hall–Kier alpha value is -3.02. The SMILES string of the molecule is C=C1[C@H]2[C@H](O[C@H]3CC(=O)O[C@@]4(C)COC(=O)C[C@H]4[C@]32C)[C@H](OC(=O)C(O)C(C)CC)[C@@]2(C)[C@H](c3ccoc3)CC(=O)[C@]12O. The summed E-state index contributed by atoms with van der Waals surface area (Å²) in [5.41, 5.74) is -5.10. The molecule has 6 rings (SSSR count). The number of esters is 3. The standard InChI is InChI=1S/C32H40O11/c1-7-15(2)25(36)28(37)42-27-26-24(16(3)32(38)20(33)10-18(31(27,32)6)17-8-9-39-13-17)30(5)19-11-22(34)40-14-29(19,4)43-23(35)12-21(30)41-26/h8-9,13,15,18-19,21,24-27,36,38H,3,7,10-12,14H2,1-2,4-6H3/t15?,18-,19+,21-,24-,25?,26-,27-,29-,30+,31+,32+/m0/s1. The van der Waals surface area contributed by atoms with Crippen LogP contribution in [0.15, 0.2) is 35.2 Å². The van der Waals surface area contributed by atoms with Crippen LogP contribution < -0.4 is 0 Å². The molecule has 2 unspecified atom stereocenters. The molecule has 3 aliphatic heterocycles. The third kappa shape index (κ3) is 3.83. The van der Waals surface area contributed by atoms with E-state index in [1.807, 2.05) is 13.8 Å². The van der Waals surface area contributed by atoms with E-state index in [4.69, 9.17) is 23.4 Å². The number of ether oxygens (including phenoxy) is 4. The van der Waals surface area contributed by atoms with Gasteiger partial charge in [0.1, 0.15) is 24.4 Å². The van der Waals surface area contributed by atoms with Gasteiger partial charge in [-0.05, 0) is 30.0 Å². The molecular weight excluding hydrogens is 560 g/mol. The molecule has 11 heteroatoms. The number of aliphatic hydroxyl groups is 2. The zero-order valence-electron chi connectivity index (χ0n) is 25.2. The predicted molar refractivity (Wildman–Crippen MR) is 147 cm³/mol. The maximum absolute atomic E-state index is 14.0. The number of rotatable bonds is 5. The first-order valence-electron chi connectivity index (χ1n) is 15.0. The molecule has 0 spiro atoms. The van der Waals surface area contributed by atoms with Crippen molar-refractivity contribution < 1.29 is 52.8 Å². The summed E-state index contributed by atoms with van der Waals surface area (Å²) in [6.45, 7) is 13.0. The molecule has 1 aromatic rings. The normalized spacial score (nSPS) is 45.1. The Morgan fingerprint density at radius 3 is 2.53 bits per heavy atom. The van der Waals surface area contributed by atoms with E-state index in [0.29, 0.717) is 12.0 Å². The molecule has 11 nitrogen and oxygen atoms in total. The van der Waals surface area contributed by atoms with Crippen molar-refractivity contribution in [1.82, 2.24) is 0 Å². The molecule has 3 saturated heterocycles. The van der Waals surface area contributed by atoms with E-state index in [9.17, 15) is 29.4 Å². The van der Waals surface area contributed by atoms with E-state index >= 15 is 0 Å². The highest BCUT2D eigenvalue weighted by molar-refractivity contribution is 5.96. The van der Waals surface area contributed by atoms with Crippen molar-refractivity contribution in [2.24, 2.45) is 28.6 Å². The summed E-state index contributed by atoms with van der Waals surface area (Å²) in [4.78, 5) is 53.4. The highest BCUT2D eigenvalue weighted by Crippen LogP contribution is 2.70. The molecule has 4 heterocycles. The molecular formula is C32H40O11. The van der Waals surface area contributed by atoms with Crippen LogP contribution in [0.1, 0.15) is 71.8 Å². The van der Waals surface area contributed by atoms with Gasteiger partial charge in [0.25, 0.3) is 0 Å². The summed E-state index contributed by atoms with van der Waals surface area (Å²) in [6.07, 6.45) is -1.35. The zero-order valence-corrected chi connectivity index (χ0v) is 25.2. The van der Waals surface area contributed by atoms with Crippen molar-refractivity contribution in [1.29, 1.82) is 0 Å². The maximum atomic E-state index is 14.0. The molecule has 5 aliphatic rings. The minimum Gasteiger partial charge on any atom is -0.472 e. The number of Topliss-reactive ketones (excluding diaryl/α,β-unsaturated/α-hetero) is 1. The minimum absolute atomic E-state index is 0.0812. The molecule has 1 aromatic heterocycles. The first-order chi connectivity index (χ1) is 20.1. The van der Waals surface area contributed by atoms with Crippen LogP contribution >= 0.6 is 0 Å². The lowest BCUT2D eigenvalue weighted by molar-refractivity contribution is -0.216. The zero-order chi connectivity index (χ0) is 31.3. The summed E-state index contributed by atoms with van der Waals surface area (Å²) in [5.74, 6) is -4.92. The van der Waals surface area contributed by atoms with E-state index in [1.54, 1.807) is 26.8 Å². The Kier molecular flexibility index (Phi) is 6.80. The second-order valence-electron chi connectivity index (χ2n) is 13.8. The van der Waals surface area contributed by atoms with Gasteiger partial charge in [-0.25, -0.2) is 4.79 Å². The molecule has 2 aliphatic carbocycles. The third-order valence-corrected chi connectivity index (χ3v) is 11.7. The van der Waals surface area contributed by atoms with Gasteiger partial charge < -0.3 is 33.6 Å². The van der Waals surface area contributed by atoms with Gasteiger partial charge in [-0.1, -0.05) is 40.7 Å². The quantitative estimate of drug-likeness (QED) is 0.291. The Morgan fingerprint density at radius 2 is 1.88 bits per heavy atom. The van der Waals surface area contributed by atoms with Gasteiger partial charge >= 0.3 is 17.9 Å². The number of cyclic esters (lactones) is 1. The fourth-order valence-corrected chi connectivity index (χ4v) is 9.07. The van der Waals surface area contributed by atoms with Crippen molar-refractivity contribution in [3.8, 4) is 0 Å². The van der Waals surface area contributed by atoms with Crippen molar-refractivity contribution >= 4 is 23.7 Å². The number of fused-ring (bicyclic) bond motifs is 6. The van der Waals surface area contributed by atoms with E-state index in [1.165, 1.54) is 12.5 Å². The highest BCUT2D eigenvalue weighted by Gasteiger charge is 2.79. The first-order valence-corrected chi connectivity index (χ1v) is 15.0. The highest BCUT2D eigenvalue weighted by atomic mass is 16.6. The van der Waals surface area contributed by atoms with Crippen LogP contribution in [0.25, 0.3) is 0 Å². The second kappa shape index (κ2) is 9.74. The second-order valence-corrected chi connectivity index (χ2v) is 13.8.